The molecule has 0 bridgehead atoms. The molecule has 8 heteroatoms. The maximum atomic E-state index is 12.1. The Hall–Kier alpha value is -2.40. The van der Waals surface area contributed by atoms with E-state index in [4.69, 9.17) is 5.26 Å². The van der Waals surface area contributed by atoms with Gasteiger partial charge in [0.15, 0.2) is 9.84 Å². The van der Waals surface area contributed by atoms with E-state index in [0.29, 0.717) is 17.7 Å². The van der Waals surface area contributed by atoms with Crippen LogP contribution in [0.1, 0.15) is 18.4 Å². The van der Waals surface area contributed by atoms with Gasteiger partial charge in [-0.3, -0.25) is 9.59 Å². The van der Waals surface area contributed by atoms with Gasteiger partial charge >= 0.3 is 0 Å². The van der Waals surface area contributed by atoms with Crippen molar-refractivity contribution in [1.29, 1.82) is 5.26 Å². The van der Waals surface area contributed by atoms with Crippen LogP contribution in [0.3, 0.4) is 0 Å². The fourth-order valence-corrected chi connectivity index (χ4v) is 4.15. The van der Waals surface area contributed by atoms with Gasteiger partial charge in [0, 0.05) is 18.8 Å². The molecule has 1 saturated heterocycles. The Balaban J connectivity index is 1.89. The second-order valence-corrected chi connectivity index (χ2v) is 7.70. The first-order chi connectivity index (χ1) is 10.8. The average Bonchev–Trinajstić information content (AvgIpc) is 2.87. The Bertz CT molecular complexity index is 750. The van der Waals surface area contributed by atoms with Gasteiger partial charge in [0.2, 0.25) is 11.8 Å². The van der Waals surface area contributed by atoms with Gasteiger partial charge in [-0.1, -0.05) is 0 Å². The zero-order chi connectivity index (χ0) is 17.0. The highest BCUT2D eigenvalue weighted by Gasteiger charge is 2.33. The normalized spacial score (nSPS) is 18.9. The van der Waals surface area contributed by atoms with E-state index in [9.17, 15) is 18.0 Å². The summed E-state index contributed by atoms with van der Waals surface area (Å²) >= 11 is 0. The molecule has 0 aliphatic carbocycles. The first kappa shape index (κ1) is 17.0. The summed E-state index contributed by atoms with van der Waals surface area (Å²) in [6.07, 6.45) is 0.0505. The molecule has 1 unspecified atom stereocenters. The summed E-state index contributed by atoms with van der Waals surface area (Å²) < 4.78 is 22.9. The van der Waals surface area contributed by atoms with Crippen LogP contribution in [0.15, 0.2) is 24.3 Å². The molecule has 0 saturated carbocycles. The minimum Gasteiger partial charge on any atom is -0.341 e. The Morgan fingerprint density at radius 3 is 2.52 bits per heavy atom. The van der Waals surface area contributed by atoms with Gasteiger partial charge in [0.25, 0.3) is 0 Å². The number of hydrogen-bond donors (Lipinski definition) is 1. The summed E-state index contributed by atoms with van der Waals surface area (Å²) in [5.74, 6) is -0.871. The van der Waals surface area contributed by atoms with E-state index in [1.54, 1.807) is 24.3 Å². The highest BCUT2D eigenvalue weighted by Crippen LogP contribution is 2.17. The number of carbonyl (C=O) groups is 2. The molecular weight excluding hydrogens is 318 g/mol. The molecule has 1 aliphatic rings. The Kier molecular flexibility index (Phi) is 5.01. The number of nitrogens with one attached hydrogen (secondary N) is 1. The van der Waals surface area contributed by atoms with Gasteiger partial charge in [-0.25, -0.2) is 8.42 Å². The lowest BCUT2D eigenvalue weighted by Crippen LogP contribution is -2.39. The van der Waals surface area contributed by atoms with Crippen LogP contribution in [0.25, 0.3) is 0 Å². The van der Waals surface area contributed by atoms with Crippen molar-refractivity contribution in [2.45, 2.75) is 18.9 Å². The number of sulfone groups is 1. The van der Waals surface area contributed by atoms with Crippen LogP contribution in [-0.4, -0.2) is 49.7 Å². The SMILES string of the molecule is CN(C(=O)CC(=O)Nc1ccc(C#N)cc1)C1CCS(=O)(=O)C1. The maximum absolute atomic E-state index is 12.1. The number of amides is 2. The highest BCUT2D eigenvalue weighted by atomic mass is 32.2. The number of anilines is 1. The summed E-state index contributed by atoms with van der Waals surface area (Å²) in [5, 5.41) is 11.3. The molecule has 7 nitrogen and oxygen atoms in total. The molecule has 2 amide bonds. The summed E-state index contributed by atoms with van der Waals surface area (Å²) in [7, 11) is -1.56. The largest absolute Gasteiger partial charge is 0.341 e. The lowest BCUT2D eigenvalue weighted by molar-refractivity contribution is -0.134. The van der Waals surface area contributed by atoms with Gasteiger partial charge in [0.1, 0.15) is 6.42 Å². The Labute approximate surface area is 134 Å². The molecule has 0 aromatic heterocycles. The quantitative estimate of drug-likeness (QED) is 0.808. The van der Waals surface area contributed by atoms with Crippen LogP contribution >= 0.6 is 0 Å². The van der Waals surface area contributed by atoms with Crippen LogP contribution in [-0.2, 0) is 19.4 Å². The summed E-state index contributed by atoms with van der Waals surface area (Å²) in [6.45, 7) is 0. The monoisotopic (exact) mass is 335 g/mol. The molecule has 0 radical (unpaired) electrons. The molecule has 1 aromatic carbocycles. The highest BCUT2D eigenvalue weighted by molar-refractivity contribution is 7.91. The molecule has 1 atom stereocenters. The van der Waals surface area contributed by atoms with Crippen molar-refractivity contribution in [3.05, 3.63) is 29.8 Å². The molecule has 1 fully saturated rings. The minimum atomic E-state index is -3.08. The number of nitrogens with zero attached hydrogens (tertiary/aromatic N) is 2. The van der Waals surface area contributed by atoms with Crippen molar-refractivity contribution in [1.82, 2.24) is 4.90 Å². The van der Waals surface area contributed by atoms with Crippen molar-refractivity contribution < 1.29 is 18.0 Å². The standard InChI is InChI=1S/C15H17N3O4S/c1-18(13-6-7-23(21,22)10-13)15(20)8-14(19)17-12-4-2-11(9-16)3-5-12/h2-5,13H,6-8,10H2,1H3,(H,17,19). The predicted octanol–water partition coefficient (Wildman–Crippen LogP) is 0.532. The van der Waals surface area contributed by atoms with Crippen molar-refractivity contribution in [3.63, 3.8) is 0 Å². The summed E-state index contributed by atoms with van der Waals surface area (Å²) in [5.41, 5.74) is 0.967. The number of hydrogen-bond acceptors (Lipinski definition) is 5. The van der Waals surface area contributed by atoms with E-state index in [1.165, 1.54) is 11.9 Å². The van der Waals surface area contributed by atoms with Crippen LogP contribution in [0.4, 0.5) is 5.69 Å². The average molecular weight is 335 g/mol. The van der Waals surface area contributed by atoms with Gasteiger partial charge in [-0.05, 0) is 30.7 Å². The fourth-order valence-electron chi connectivity index (χ4n) is 2.38. The molecule has 23 heavy (non-hydrogen) atoms. The van der Waals surface area contributed by atoms with Crippen molar-refractivity contribution >= 4 is 27.3 Å². The van der Waals surface area contributed by atoms with Crippen LogP contribution < -0.4 is 5.32 Å². The Morgan fingerprint density at radius 1 is 1.35 bits per heavy atom. The van der Waals surface area contributed by atoms with Gasteiger partial charge < -0.3 is 10.2 Å². The lowest BCUT2D eigenvalue weighted by Gasteiger charge is -2.23. The molecule has 122 valence electrons. The molecular formula is C15H17N3O4S. The summed E-state index contributed by atoms with van der Waals surface area (Å²) in [6, 6.07) is 7.88. The molecule has 2 rings (SSSR count). The van der Waals surface area contributed by atoms with Gasteiger partial charge in [-0.2, -0.15) is 5.26 Å². The Morgan fingerprint density at radius 2 is 2.00 bits per heavy atom. The third kappa shape index (κ3) is 4.53. The van der Waals surface area contributed by atoms with Crippen LogP contribution in [0, 0.1) is 11.3 Å². The smallest absolute Gasteiger partial charge is 0.233 e. The van der Waals surface area contributed by atoms with E-state index in [-0.39, 0.29) is 24.0 Å². The van der Waals surface area contributed by atoms with Gasteiger partial charge in [-0.15, -0.1) is 0 Å². The number of benzene rings is 1. The number of nitriles is 1. The van der Waals surface area contributed by atoms with Crippen LogP contribution in [0.2, 0.25) is 0 Å². The molecule has 1 heterocycles. The second-order valence-electron chi connectivity index (χ2n) is 5.48. The first-order valence-electron chi connectivity index (χ1n) is 7.07. The predicted molar refractivity (Wildman–Crippen MR) is 84.2 cm³/mol. The molecule has 1 aromatic rings. The van der Waals surface area contributed by atoms with E-state index >= 15 is 0 Å². The van der Waals surface area contributed by atoms with E-state index in [1.807, 2.05) is 6.07 Å². The van der Waals surface area contributed by atoms with Gasteiger partial charge in [0.05, 0.1) is 23.1 Å². The molecule has 0 spiro atoms. The van der Waals surface area contributed by atoms with Crippen molar-refractivity contribution in [3.8, 4) is 6.07 Å². The lowest BCUT2D eigenvalue weighted by atomic mass is 10.2. The molecule has 1 N–H and O–H groups in total. The number of rotatable bonds is 4. The van der Waals surface area contributed by atoms with Crippen molar-refractivity contribution in [2.24, 2.45) is 0 Å². The van der Waals surface area contributed by atoms with E-state index in [0.717, 1.165) is 0 Å². The summed E-state index contributed by atoms with van der Waals surface area (Å²) in [4.78, 5) is 25.3. The number of carbonyl (C=O) groups excluding carboxylic acids is 2. The molecule has 1 aliphatic heterocycles. The minimum absolute atomic E-state index is 0.0491. The second kappa shape index (κ2) is 6.79. The topological polar surface area (TPSA) is 107 Å². The first-order valence-corrected chi connectivity index (χ1v) is 8.89. The van der Waals surface area contributed by atoms with E-state index in [2.05, 4.69) is 5.32 Å². The third-order valence-corrected chi connectivity index (χ3v) is 5.51. The maximum Gasteiger partial charge on any atom is 0.233 e. The zero-order valence-corrected chi connectivity index (χ0v) is 13.5. The third-order valence-electron chi connectivity index (χ3n) is 3.76. The van der Waals surface area contributed by atoms with E-state index < -0.39 is 21.7 Å². The van der Waals surface area contributed by atoms with Crippen LogP contribution in [0.5, 0.6) is 0 Å². The van der Waals surface area contributed by atoms with Crippen molar-refractivity contribution in [2.75, 3.05) is 23.9 Å². The zero-order valence-electron chi connectivity index (χ0n) is 12.7. The fraction of sp³-hybridized carbons (Fsp3) is 0.400.